The van der Waals surface area contributed by atoms with Crippen LogP contribution < -0.4 is 9.64 Å². The van der Waals surface area contributed by atoms with Gasteiger partial charge in [0.05, 0.1) is 10.6 Å². The minimum Gasteiger partial charge on any atom is -0.490 e. The molecule has 0 unspecified atom stereocenters. The van der Waals surface area contributed by atoms with Crippen molar-refractivity contribution in [3.05, 3.63) is 77.2 Å². The minimum atomic E-state index is -0.289. The van der Waals surface area contributed by atoms with E-state index < -0.39 is 0 Å². The molecule has 1 aliphatic heterocycles. The van der Waals surface area contributed by atoms with Crippen LogP contribution in [0.3, 0.4) is 0 Å². The fraction of sp³-hybridized carbons (Fsp3) is 0.217. The molecular formula is C23H23NO3S. The lowest BCUT2D eigenvalue weighted by Crippen LogP contribution is -2.27. The zero-order valence-electron chi connectivity index (χ0n) is 15.9. The molecule has 0 aromatic heterocycles. The Morgan fingerprint density at radius 1 is 1.07 bits per heavy atom. The predicted molar refractivity (Wildman–Crippen MR) is 116 cm³/mol. The van der Waals surface area contributed by atoms with Gasteiger partial charge in [0.1, 0.15) is 12.4 Å². The van der Waals surface area contributed by atoms with Gasteiger partial charge < -0.3 is 4.74 Å². The van der Waals surface area contributed by atoms with Crippen LogP contribution in [-0.2, 0) is 11.2 Å². The average Bonchev–Trinajstić information content (AvgIpc) is 2.99. The van der Waals surface area contributed by atoms with Crippen molar-refractivity contribution in [2.75, 3.05) is 11.5 Å². The molecule has 0 radical (unpaired) electrons. The Balaban J connectivity index is 1.73. The fourth-order valence-electron chi connectivity index (χ4n) is 2.85. The number of carbonyl (C=O) groups is 2. The molecule has 2 aromatic rings. The molecule has 1 aliphatic rings. The number of benzene rings is 2. The summed E-state index contributed by atoms with van der Waals surface area (Å²) in [5.41, 5.74) is 2.66. The zero-order chi connectivity index (χ0) is 19.9. The van der Waals surface area contributed by atoms with Gasteiger partial charge in [-0.25, -0.2) is 4.90 Å². The summed E-state index contributed by atoms with van der Waals surface area (Å²) in [5.74, 6) is 0.441. The molecule has 0 N–H and O–H groups in total. The molecule has 2 aromatic carbocycles. The lowest BCUT2D eigenvalue weighted by atomic mass is 10.1. The van der Waals surface area contributed by atoms with Crippen LogP contribution in [-0.4, -0.2) is 17.8 Å². The molecule has 144 valence electrons. The summed E-state index contributed by atoms with van der Waals surface area (Å²) in [6, 6.07) is 15.0. The standard InChI is InChI=1S/C23H23NO3S/c1-3-5-6-17-7-11-19(12-8-17)24-22(25)21(28-23(24)26)16-18-9-13-20(14-10-18)27-15-4-2/h4,7-14,16H,2-3,5-6,15H2,1H3/b21-16-. The van der Waals surface area contributed by atoms with Gasteiger partial charge in [-0.1, -0.05) is 50.3 Å². The molecular weight excluding hydrogens is 370 g/mol. The SMILES string of the molecule is C=CCOc1ccc(/C=C2\SC(=O)N(c3ccc(CCCC)cc3)C2=O)cc1. The van der Waals surface area contributed by atoms with Gasteiger partial charge in [-0.05, 0) is 66.1 Å². The number of thioether (sulfide) groups is 1. The number of nitrogens with zero attached hydrogens (tertiary/aromatic N) is 1. The number of imide groups is 1. The number of amides is 2. The van der Waals surface area contributed by atoms with Gasteiger partial charge >= 0.3 is 0 Å². The van der Waals surface area contributed by atoms with Crippen LogP contribution in [0.25, 0.3) is 6.08 Å². The minimum absolute atomic E-state index is 0.275. The Morgan fingerprint density at radius 2 is 1.79 bits per heavy atom. The van der Waals surface area contributed by atoms with Gasteiger partial charge in [0.15, 0.2) is 0 Å². The van der Waals surface area contributed by atoms with Crippen molar-refractivity contribution >= 4 is 34.7 Å². The first kappa shape index (κ1) is 20.0. The fourth-order valence-corrected chi connectivity index (χ4v) is 3.69. The van der Waals surface area contributed by atoms with E-state index in [0.29, 0.717) is 17.2 Å². The van der Waals surface area contributed by atoms with E-state index >= 15 is 0 Å². The van der Waals surface area contributed by atoms with Gasteiger partial charge in [0.25, 0.3) is 11.1 Å². The summed E-state index contributed by atoms with van der Waals surface area (Å²) >= 11 is 0.962. The molecule has 0 bridgehead atoms. The maximum absolute atomic E-state index is 12.8. The van der Waals surface area contributed by atoms with E-state index in [1.165, 1.54) is 10.5 Å². The summed E-state index contributed by atoms with van der Waals surface area (Å²) in [6.45, 7) is 6.21. The average molecular weight is 394 g/mol. The van der Waals surface area contributed by atoms with Crippen LogP contribution >= 0.6 is 11.8 Å². The molecule has 1 saturated heterocycles. The van der Waals surface area contributed by atoms with Crippen molar-refractivity contribution in [2.45, 2.75) is 26.2 Å². The molecule has 1 fully saturated rings. The van der Waals surface area contributed by atoms with Crippen LogP contribution in [0.2, 0.25) is 0 Å². The first-order chi connectivity index (χ1) is 13.6. The maximum atomic E-state index is 12.8. The van der Waals surface area contributed by atoms with E-state index in [2.05, 4.69) is 13.5 Å². The summed E-state index contributed by atoms with van der Waals surface area (Å²) in [4.78, 5) is 26.8. The first-order valence-corrected chi connectivity index (χ1v) is 10.1. The topological polar surface area (TPSA) is 46.6 Å². The number of rotatable bonds is 8. The van der Waals surface area contributed by atoms with E-state index in [1.807, 2.05) is 48.5 Å². The molecule has 28 heavy (non-hydrogen) atoms. The van der Waals surface area contributed by atoms with Crippen molar-refractivity contribution < 1.29 is 14.3 Å². The second-order valence-electron chi connectivity index (χ2n) is 6.46. The number of hydrogen-bond acceptors (Lipinski definition) is 4. The Bertz CT molecular complexity index is 885. The number of ether oxygens (including phenoxy) is 1. The van der Waals surface area contributed by atoms with Gasteiger partial charge in [-0.3, -0.25) is 9.59 Å². The molecule has 3 rings (SSSR count). The second kappa shape index (κ2) is 9.42. The van der Waals surface area contributed by atoms with Crippen LogP contribution in [0, 0.1) is 0 Å². The summed E-state index contributed by atoms with van der Waals surface area (Å²) in [6.07, 6.45) is 6.68. The lowest BCUT2D eigenvalue weighted by molar-refractivity contribution is -0.113. The number of carbonyl (C=O) groups excluding carboxylic acids is 2. The Morgan fingerprint density at radius 3 is 2.43 bits per heavy atom. The molecule has 0 spiro atoms. The van der Waals surface area contributed by atoms with Crippen LogP contribution in [0.15, 0.2) is 66.1 Å². The third-order valence-corrected chi connectivity index (χ3v) is 5.22. The van der Waals surface area contributed by atoms with Gasteiger partial charge in [0.2, 0.25) is 0 Å². The Hall–Kier alpha value is -2.79. The quantitative estimate of drug-likeness (QED) is 0.418. The Kier molecular flexibility index (Phi) is 6.71. The van der Waals surface area contributed by atoms with Gasteiger partial charge in [-0.15, -0.1) is 0 Å². The Labute approximate surface area is 169 Å². The van der Waals surface area contributed by atoms with Crippen molar-refractivity contribution in [2.24, 2.45) is 0 Å². The molecule has 0 aliphatic carbocycles. The molecule has 0 saturated carbocycles. The lowest BCUT2D eigenvalue weighted by Gasteiger charge is -2.13. The first-order valence-electron chi connectivity index (χ1n) is 9.33. The predicted octanol–water partition coefficient (Wildman–Crippen LogP) is 5.83. The third kappa shape index (κ3) is 4.73. The van der Waals surface area contributed by atoms with Crippen molar-refractivity contribution in [1.82, 2.24) is 0 Å². The van der Waals surface area contributed by atoms with Crippen molar-refractivity contribution in [3.8, 4) is 5.75 Å². The van der Waals surface area contributed by atoms with E-state index in [4.69, 9.17) is 4.74 Å². The number of unbranched alkanes of at least 4 members (excludes halogenated alkanes) is 1. The molecule has 1 heterocycles. The third-order valence-electron chi connectivity index (χ3n) is 4.35. The zero-order valence-corrected chi connectivity index (χ0v) is 16.7. The van der Waals surface area contributed by atoms with Gasteiger partial charge in [-0.2, -0.15) is 0 Å². The highest BCUT2D eigenvalue weighted by Crippen LogP contribution is 2.36. The highest BCUT2D eigenvalue weighted by molar-refractivity contribution is 8.19. The highest BCUT2D eigenvalue weighted by Gasteiger charge is 2.36. The summed E-state index contributed by atoms with van der Waals surface area (Å²) < 4.78 is 5.45. The highest BCUT2D eigenvalue weighted by atomic mass is 32.2. The number of anilines is 1. The molecule has 0 atom stereocenters. The van der Waals surface area contributed by atoms with E-state index in [9.17, 15) is 9.59 Å². The normalized spacial score (nSPS) is 15.3. The smallest absolute Gasteiger partial charge is 0.298 e. The summed E-state index contributed by atoms with van der Waals surface area (Å²) in [7, 11) is 0. The maximum Gasteiger partial charge on any atom is 0.298 e. The van der Waals surface area contributed by atoms with E-state index in [-0.39, 0.29) is 11.1 Å². The van der Waals surface area contributed by atoms with Crippen LogP contribution in [0.1, 0.15) is 30.9 Å². The summed E-state index contributed by atoms with van der Waals surface area (Å²) in [5, 5.41) is -0.275. The van der Waals surface area contributed by atoms with Crippen LogP contribution in [0.4, 0.5) is 10.5 Å². The molecule has 2 amide bonds. The number of hydrogen-bond donors (Lipinski definition) is 0. The van der Waals surface area contributed by atoms with E-state index in [0.717, 1.165) is 42.3 Å². The molecule has 4 nitrogen and oxygen atoms in total. The van der Waals surface area contributed by atoms with E-state index in [1.54, 1.807) is 12.2 Å². The monoisotopic (exact) mass is 393 g/mol. The van der Waals surface area contributed by atoms with Crippen molar-refractivity contribution in [3.63, 3.8) is 0 Å². The second-order valence-corrected chi connectivity index (χ2v) is 7.45. The number of aryl methyl sites for hydroxylation is 1. The largest absolute Gasteiger partial charge is 0.490 e. The molecule has 5 heteroatoms. The van der Waals surface area contributed by atoms with Crippen molar-refractivity contribution in [1.29, 1.82) is 0 Å². The van der Waals surface area contributed by atoms with Crippen LogP contribution in [0.5, 0.6) is 5.75 Å². The van der Waals surface area contributed by atoms with Gasteiger partial charge in [0, 0.05) is 0 Å².